The minimum Gasteiger partial charge on any atom is -0.424 e. The number of aryl methyl sites for hydroxylation is 5. The molecule has 0 radical (unpaired) electrons. The minimum absolute atomic E-state index is 0.0337. The highest BCUT2D eigenvalue weighted by molar-refractivity contribution is 6.31. The number of ketones is 2. The Morgan fingerprint density at radius 3 is 2.19 bits per heavy atom. The molecule has 7 aromatic rings. The highest BCUT2D eigenvalue weighted by Crippen LogP contribution is 2.44. The molecule has 2 N–H and O–H groups in total. The standard InChI is InChI=1S/C44H36N6O4/c1-6-35-47-43(49-44(48-35)54-28-15-8-7-9-16-28)46-33-23-32(25(3)22-26(33)4)45-31-19-20-34-38-36(29-17-10-11-18-30(29)41(52)37(31)38)39(42(53)50(34)5)40(51)27-14-12-13-24(2)21-27/h7-23,45H,6H2,1-5H3,(H,46,47,48,49). The maximum Gasteiger partial charge on any atom is 0.327 e. The van der Waals surface area contributed by atoms with E-state index in [1.165, 1.54) is 4.57 Å². The first-order valence-corrected chi connectivity index (χ1v) is 17.7. The van der Waals surface area contributed by atoms with Crippen LogP contribution in [-0.2, 0) is 13.5 Å². The average Bonchev–Trinajstić information content (AvgIpc) is 3.17. The van der Waals surface area contributed by atoms with E-state index >= 15 is 0 Å². The number of anilines is 4. The summed E-state index contributed by atoms with van der Waals surface area (Å²) in [6.07, 6.45) is 0.579. The summed E-state index contributed by atoms with van der Waals surface area (Å²) in [7, 11) is 1.64. The molecule has 0 bridgehead atoms. The lowest BCUT2D eigenvalue weighted by molar-refractivity contribution is 0.102. The zero-order chi connectivity index (χ0) is 37.7. The summed E-state index contributed by atoms with van der Waals surface area (Å²) in [6, 6.07) is 31.5. The highest BCUT2D eigenvalue weighted by atomic mass is 16.5. The van der Waals surface area contributed by atoms with Crippen LogP contribution >= 0.6 is 0 Å². The third kappa shape index (κ3) is 5.97. The van der Waals surface area contributed by atoms with Crippen molar-refractivity contribution in [3.05, 3.63) is 158 Å². The Bertz CT molecular complexity index is 2740. The molecular weight excluding hydrogens is 677 g/mol. The van der Waals surface area contributed by atoms with Crippen molar-refractivity contribution in [3.8, 4) is 22.9 Å². The molecular formula is C44H36N6O4. The molecule has 0 saturated carbocycles. The van der Waals surface area contributed by atoms with Gasteiger partial charge in [0, 0.05) is 46.9 Å². The number of para-hydroxylation sites is 1. The second-order valence-electron chi connectivity index (χ2n) is 13.4. The van der Waals surface area contributed by atoms with Crippen LogP contribution < -0.4 is 20.9 Å². The van der Waals surface area contributed by atoms with Gasteiger partial charge in [0.15, 0.2) is 11.6 Å². The monoisotopic (exact) mass is 712 g/mol. The van der Waals surface area contributed by atoms with E-state index in [-0.39, 0.29) is 17.4 Å². The summed E-state index contributed by atoms with van der Waals surface area (Å²) in [5.74, 6) is 0.915. The third-order valence-electron chi connectivity index (χ3n) is 9.76. The van der Waals surface area contributed by atoms with E-state index in [4.69, 9.17) is 4.74 Å². The molecule has 0 aliphatic heterocycles. The molecule has 0 unspecified atom stereocenters. The van der Waals surface area contributed by atoms with Crippen LogP contribution in [0.3, 0.4) is 0 Å². The quantitative estimate of drug-likeness (QED) is 0.141. The van der Waals surface area contributed by atoms with E-state index < -0.39 is 11.3 Å². The Morgan fingerprint density at radius 1 is 0.722 bits per heavy atom. The molecule has 2 heterocycles. The largest absolute Gasteiger partial charge is 0.424 e. The summed E-state index contributed by atoms with van der Waals surface area (Å²) in [4.78, 5) is 56.5. The summed E-state index contributed by atoms with van der Waals surface area (Å²) < 4.78 is 7.41. The SMILES string of the molecule is CCc1nc(Nc2cc(Nc3ccc4c5c3C(=O)c3ccccc3-c5c(C(=O)c3cccc(C)c3)c(=O)n4C)c(C)cc2C)nc(Oc2ccccc2)n1. The highest BCUT2D eigenvalue weighted by Gasteiger charge is 2.34. The van der Waals surface area contributed by atoms with Crippen LogP contribution in [0.25, 0.3) is 22.0 Å². The van der Waals surface area contributed by atoms with E-state index in [1.807, 2.05) is 94.4 Å². The predicted molar refractivity (Wildman–Crippen MR) is 211 cm³/mol. The molecule has 0 amide bonds. The Kier molecular flexibility index (Phi) is 8.58. The van der Waals surface area contributed by atoms with Gasteiger partial charge in [0.25, 0.3) is 5.56 Å². The van der Waals surface area contributed by atoms with Gasteiger partial charge in [-0.05, 0) is 73.9 Å². The fraction of sp³-hybridized carbons (Fsp3) is 0.136. The molecule has 1 aliphatic rings. The lowest BCUT2D eigenvalue weighted by atomic mass is 9.80. The topological polar surface area (TPSA) is 128 Å². The van der Waals surface area contributed by atoms with Crippen molar-refractivity contribution in [1.29, 1.82) is 0 Å². The number of nitrogens with zero attached hydrogens (tertiary/aromatic N) is 4. The molecule has 1 aliphatic carbocycles. The minimum atomic E-state index is -0.424. The second-order valence-corrected chi connectivity index (χ2v) is 13.4. The van der Waals surface area contributed by atoms with Crippen LogP contribution in [-0.4, -0.2) is 31.1 Å². The number of fused-ring (bicyclic) bond motifs is 2. The summed E-state index contributed by atoms with van der Waals surface area (Å²) in [5.41, 5.74) is 7.20. The Labute approximate surface area is 311 Å². The first kappa shape index (κ1) is 34.2. The van der Waals surface area contributed by atoms with E-state index in [0.29, 0.717) is 68.4 Å². The molecule has 0 spiro atoms. The first-order valence-electron chi connectivity index (χ1n) is 17.7. The fourth-order valence-corrected chi connectivity index (χ4v) is 7.06. The Hall–Kier alpha value is -6.94. The van der Waals surface area contributed by atoms with Crippen LogP contribution in [0.4, 0.5) is 23.0 Å². The van der Waals surface area contributed by atoms with Crippen LogP contribution in [0.1, 0.15) is 61.3 Å². The molecule has 2 aromatic heterocycles. The van der Waals surface area contributed by atoms with Gasteiger partial charge in [0.05, 0.1) is 22.3 Å². The molecule has 0 atom stereocenters. The maximum absolute atomic E-state index is 14.5. The number of carbonyl (C=O) groups excluding carboxylic acids is 2. The van der Waals surface area contributed by atoms with Crippen LogP contribution in [0.2, 0.25) is 0 Å². The number of carbonyl (C=O) groups is 2. The number of nitrogens with one attached hydrogen (secondary N) is 2. The van der Waals surface area contributed by atoms with E-state index in [1.54, 1.807) is 43.4 Å². The Balaban J connectivity index is 1.25. The lowest BCUT2D eigenvalue weighted by Crippen LogP contribution is -2.29. The average molecular weight is 713 g/mol. The summed E-state index contributed by atoms with van der Waals surface area (Å²) in [6.45, 7) is 7.84. The smallest absolute Gasteiger partial charge is 0.327 e. The zero-order valence-electron chi connectivity index (χ0n) is 30.4. The predicted octanol–water partition coefficient (Wildman–Crippen LogP) is 8.93. The van der Waals surface area contributed by atoms with Crippen molar-refractivity contribution in [2.45, 2.75) is 34.1 Å². The number of rotatable bonds is 9. The molecule has 10 heteroatoms. The number of benzene rings is 5. The first-order chi connectivity index (χ1) is 26.1. The van der Waals surface area contributed by atoms with Crippen molar-refractivity contribution < 1.29 is 14.3 Å². The molecule has 266 valence electrons. The summed E-state index contributed by atoms with van der Waals surface area (Å²) >= 11 is 0. The Morgan fingerprint density at radius 2 is 1.44 bits per heavy atom. The molecule has 8 rings (SSSR count). The molecule has 10 nitrogen and oxygen atoms in total. The van der Waals surface area contributed by atoms with Crippen LogP contribution in [0, 0.1) is 20.8 Å². The lowest BCUT2D eigenvalue weighted by Gasteiger charge is -2.26. The van der Waals surface area contributed by atoms with Crippen molar-refractivity contribution in [1.82, 2.24) is 19.5 Å². The van der Waals surface area contributed by atoms with E-state index in [9.17, 15) is 14.4 Å². The van der Waals surface area contributed by atoms with Crippen molar-refractivity contribution >= 4 is 45.5 Å². The van der Waals surface area contributed by atoms with Crippen LogP contribution in [0.15, 0.2) is 108 Å². The number of pyridine rings is 1. The van der Waals surface area contributed by atoms with Gasteiger partial charge in [-0.15, -0.1) is 0 Å². The second kappa shape index (κ2) is 13.6. The number of aromatic nitrogens is 4. The van der Waals surface area contributed by atoms with Crippen molar-refractivity contribution in [3.63, 3.8) is 0 Å². The maximum atomic E-state index is 14.5. The normalized spacial score (nSPS) is 11.7. The number of ether oxygens (including phenoxy) is 1. The van der Waals surface area contributed by atoms with Gasteiger partial charge in [-0.2, -0.15) is 15.0 Å². The summed E-state index contributed by atoms with van der Waals surface area (Å²) in [5, 5.41) is 7.44. The van der Waals surface area contributed by atoms with Gasteiger partial charge in [0.1, 0.15) is 11.6 Å². The molecule has 54 heavy (non-hydrogen) atoms. The van der Waals surface area contributed by atoms with Gasteiger partial charge >= 0.3 is 6.01 Å². The third-order valence-corrected chi connectivity index (χ3v) is 9.76. The van der Waals surface area contributed by atoms with Gasteiger partial charge in [-0.25, -0.2) is 0 Å². The van der Waals surface area contributed by atoms with Gasteiger partial charge in [-0.3, -0.25) is 14.4 Å². The van der Waals surface area contributed by atoms with Crippen LogP contribution in [0.5, 0.6) is 11.8 Å². The molecule has 0 saturated heterocycles. The van der Waals surface area contributed by atoms with E-state index in [2.05, 4.69) is 25.6 Å². The van der Waals surface area contributed by atoms with Gasteiger partial charge in [0.2, 0.25) is 5.95 Å². The van der Waals surface area contributed by atoms with E-state index in [0.717, 1.165) is 28.1 Å². The van der Waals surface area contributed by atoms with Crippen molar-refractivity contribution in [2.75, 3.05) is 10.6 Å². The number of hydrogen-bond donors (Lipinski definition) is 2. The van der Waals surface area contributed by atoms with Gasteiger partial charge in [-0.1, -0.05) is 79.2 Å². The fourth-order valence-electron chi connectivity index (χ4n) is 7.06. The van der Waals surface area contributed by atoms with Crippen molar-refractivity contribution in [2.24, 2.45) is 7.05 Å². The molecule has 0 fully saturated rings. The van der Waals surface area contributed by atoms with Gasteiger partial charge < -0.3 is 19.9 Å². The zero-order valence-corrected chi connectivity index (χ0v) is 30.4. The number of hydrogen-bond acceptors (Lipinski definition) is 9. The molecule has 5 aromatic carbocycles.